The van der Waals surface area contributed by atoms with Gasteiger partial charge < -0.3 is 15.5 Å². The van der Waals surface area contributed by atoms with E-state index in [9.17, 15) is 0 Å². The number of aromatic nitrogens is 3. The van der Waals surface area contributed by atoms with Gasteiger partial charge in [0.1, 0.15) is 5.82 Å². The van der Waals surface area contributed by atoms with Crippen LogP contribution in [0.4, 0.5) is 17.5 Å². The summed E-state index contributed by atoms with van der Waals surface area (Å²) in [5.74, 6) is 1.32. The maximum Gasteiger partial charge on any atom is 0.222 e. The third-order valence-corrected chi connectivity index (χ3v) is 3.99. The second-order valence-corrected chi connectivity index (χ2v) is 5.30. The van der Waals surface area contributed by atoms with Crippen molar-refractivity contribution in [3.05, 3.63) is 35.8 Å². The lowest BCUT2D eigenvalue weighted by atomic mass is 10.2. The number of nitrogens with two attached hydrogens (primary N) is 1. The molecule has 2 aromatic heterocycles. The molecule has 6 heteroatoms. The van der Waals surface area contributed by atoms with Crippen molar-refractivity contribution in [2.75, 3.05) is 41.7 Å². The van der Waals surface area contributed by atoms with Gasteiger partial charge >= 0.3 is 0 Å². The van der Waals surface area contributed by atoms with Gasteiger partial charge in [-0.2, -0.15) is 4.98 Å². The molecule has 0 atom stereocenters. The van der Waals surface area contributed by atoms with Crippen molar-refractivity contribution in [2.45, 2.75) is 13.8 Å². The molecule has 0 spiro atoms. The highest BCUT2D eigenvalue weighted by Crippen LogP contribution is 2.23. The van der Waals surface area contributed by atoms with Crippen molar-refractivity contribution in [3.63, 3.8) is 0 Å². The van der Waals surface area contributed by atoms with E-state index in [4.69, 9.17) is 5.73 Å². The number of piperazine rings is 1. The van der Waals surface area contributed by atoms with Gasteiger partial charge in [0.25, 0.3) is 0 Å². The normalized spacial score (nSPS) is 15.3. The second kappa shape index (κ2) is 5.55. The summed E-state index contributed by atoms with van der Waals surface area (Å²) in [6.07, 6.45) is 3.67. The molecule has 0 aliphatic carbocycles. The lowest BCUT2D eigenvalue weighted by molar-refractivity contribution is 0.645. The summed E-state index contributed by atoms with van der Waals surface area (Å²) in [5, 5.41) is 0. The maximum atomic E-state index is 5.79. The number of nitrogens with zero attached hydrogens (tertiary/aromatic N) is 5. The predicted octanol–water partition coefficient (Wildman–Crippen LogP) is 1.40. The molecule has 1 fully saturated rings. The van der Waals surface area contributed by atoms with E-state index in [1.807, 2.05) is 31.5 Å². The van der Waals surface area contributed by atoms with Gasteiger partial charge in [-0.15, -0.1) is 0 Å². The second-order valence-electron chi connectivity index (χ2n) is 5.30. The van der Waals surface area contributed by atoms with Crippen molar-refractivity contribution in [2.24, 2.45) is 0 Å². The van der Waals surface area contributed by atoms with E-state index >= 15 is 0 Å². The molecule has 3 rings (SSSR count). The van der Waals surface area contributed by atoms with Crippen LogP contribution in [0.15, 0.2) is 24.5 Å². The van der Waals surface area contributed by atoms with E-state index < -0.39 is 0 Å². The van der Waals surface area contributed by atoms with Crippen LogP contribution >= 0.6 is 0 Å². The van der Waals surface area contributed by atoms with Gasteiger partial charge in [-0.1, -0.05) is 0 Å². The summed E-state index contributed by atoms with van der Waals surface area (Å²) in [7, 11) is 0. The molecular formula is C15H20N6. The molecule has 2 aromatic rings. The number of rotatable bonds is 2. The molecule has 0 saturated carbocycles. The Bertz CT molecular complexity index is 620. The minimum atomic E-state index is 0.352. The van der Waals surface area contributed by atoms with Gasteiger partial charge in [0, 0.05) is 55.5 Å². The number of nitrogen functional groups attached to an aromatic ring is 1. The Hall–Kier alpha value is -2.37. The van der Waals surface area contributed by atoms with Gasteiger partial charge in [0.2, 0.25) is 5.95 Å². The van der Waals surface area contributed by atoms with Gasteiger partial charge in [-0.05, 0) is 26.0 Å². The lowest BCUT2D eigenvalue weighted by Gasteiger charge is -2.37. The summed E-state index contributed by atoms with van der Waals surface area (Å²) >= 11 is 0. The molecule has 110 valence electrons. The molecule has 2 N–H and O–H groups in total. The summed E-state index contributed by atoms with van der Waals surface area (Å²) in [6, 6.07) is 4.10. The SMILES string of the molecule is Cc1nc(N)nc(N2CCN(c3ccncc3)CC2)c1C. The third kappa shape index (κ3) is 2.74. The topological polar surface area (TPSA) is 71.2 Å². The predicted molar refractivity (Wildman–Crippen MR) is 84.6 cm³/mol. The van der Waals surface area contributed by atoms with Gasteiger partial charge in [-0.25, -0.2) is 4.98 Å². The zero-order valence-electron chi connectivity index (χ0n) is 12.5. The Kier molecular flexibility index (Phi) is 3.60. The first kappa shape index (κ1) is 13.6. The lowest BCUT2D eigenvalue weighted by Crippen LogP contribution is -2.47. The first-order chi connectivity index (χ1) is 10.1. The summed E-state index contributed by atoms with van der Waals surface area (Å²) in [6.45, 7) is 7.82. The molecule has 1 aliphatic heterocycles. The molecule has 1 saturated heterocycles. The van der Waals surface area contributed by atoms with Crippen LogP contribution in [-0.4, -0.2) is 41.1 Å². The third-order valence-electron chi connectivity index (χ3n) is 3.99. The molecule has 21 heavy (non-hydrogen) atoms. The molecular weight excluding hydrogens is 264 g/mol. The van der Waals surface area contributed by atoms with Gasteiger partial charge in [-0.3, -0.25) is 4.98 Å². The van der Waals surface area contributed by atoms with Crippen molar-refractivity contribution in [3.8, 4) is 0 Å². The molecule has 0 bridgehead atoms. The Labute approximate surface area is 124 Å². The van der Waals surface area contributed by atoms with Crippen LogP contribution in [0.3, 0.4) is 0 Å². The minimum Gasteiger partial charge on any atom is -0.368 e. The van der Waals surface area contributed by atoms with E-state index in [-0.39, 0.29) is 0 Å². The van der Waals surface area contributed by atoms with Crippen LogP contribution < -0.4 is 15.5 Å². The van der Waals surface area contributed by atoms with E-state index in [0.29, 0.717) is 5.95 Å². The Balaban J connectivity index is 1.74. The Morgan fingerprint density at radius 1 is 0.952 bits per heavy atom. The average molecular weight is 284 g/mol. The first-order valence-electron chi connectivity index (χ1n) is 7.16. The smallest absolute Gasteiger partial charge is 0.222 e. The van der Waals surface area contributed by atoms with Crippen LogP contribution in [0.25, 0.3) is 0 Å². The standard InChI is InChI=1S/C15H20N6/c1-11-12(2)18-15(16)19-14(11)21-9-7-20(8-10-21)13-3-5-17-6-4-13/h3-6H,7-10H2,1-2H3,(H2,16,18,19). The summed E-state index contributed by atoms with van der Waals surface area (Å²) in [5.41, 5.74) is 9.07. The zero-order valence-corrected chi connectivity index (χ0v) is 12.5. The van der Waals surface area contributed by atoms with E-state index in [1.165, 1.54) is 5.69 Å². The quantitative estimate of drug-likeness (QED) is 0.898. The molecule has 0 aromatic carbocycles. The van der Waals surface area contributed by atoms with Crippen LogP contribution in [0.1, 0.15) is 11.3 Å². The molecule has 0 radical (unpaired) electrons. The van der Waals surface area contributed by atoms with Crippen LogP contribution in [0, 0.1) is 13.8 Å². The van der Waals surface area contributed by atoms with Crippen molar-refractivity contribution >= 4 is 17.5 Å². The first-order valence-corrected chi connectivity index (χ1v) is 7.16. The summed E-state index contributed by atoms with van der Waals surface area (Å²) < 4.78 is 0. The zero-order chi connectivity index (χ0) is 14.8. The average Bonchev–Trinajstić information content (AvgIpc) is 2.52. The molecule has 0 unspecified atom stereocenters. The van der Waals surface area contributed by atoms with Crippen LogP contribution in [-0.2, 0) is 0 Å². The summed E-state index contributed by atoms with van der Waals surface area (Å²) in [4.78, 5) is 17.4. The highest BCUT2D eigenvalue weighted by molar-refractivity contribution is 5.53. The number of hydrogen-bond donors (Lipinski definition) is 1. The van der Waals surface area contributed by atoms with Crippen molar-refractivity contribution in [1.82, 2.24) is 15.0 Å². The van der Waals surface area contributed by atoms with E-state index in [2.05, 4.69) is 31.7 Å². The molecule has 3 heterocycles. The fourth-order valence-corrected chi connectivity index (χ4v) is 2.67. The van der Waals surface area contributed by atoms with Gasteiger partial charge in [0.15, 0.2) is 0 Å². The largest absolute Gasteiger partial charge is 0.368 e. The highest BCUT2D eigenvalue weighted by atomic mass is 15.3. The van der Waals surface area contributed by atoms with Crippen molar-refractivity contribution in [1.29, 1.82) is 0 Å². The van der Waals surface area contributed by atoms with Crippen LogP contribution in [0.2, 0.25) is 0 Å². The molecule has 0 amide bonds. The van der Waals surface area contributed by atoms with Crippen molar-refractivity contribution < 1.29 is 0 Å². The fraction of sp³-hybridized carbons (Fsp3) is 0.400. The number of anilines is 3. The minimum absolute atomic E-state index is 0.352. The Morgan fingerprint density at radius 3 is 2.24 bits per heavy atom. The fourth-order valence-electron chi connectivity index (χ4n) is 2.67. The van der Waals surface area contributed by atoms with Crippen LogP contribution in [0.5, 0.6) is 0 Å². The maximum absolute atomic E-state index is 5.79. The van der Waals surface area contributed by atoms with E-state index in [1.54, 1.807) is 0 Å². The highest BCUT2D eigenvalue weighted by Gasteiger charge is 2.20. The Morgan fingerprint density at radius 2 is 1.57 bits per heavy atom. The van der Waals surface area contributed by atoms with Gasteiger partial charge in [0.05, 0.1) is 0 Å². The number of aryl methyl sites for hydroxylation is 1. The number of pyridine rings is 1. The number of hydrogen-bond acceptors (Lipinski definition) is 6. The molecule has 6 nitrogen and oxygen atoms in total. The monoisotopic (exact) mass is 284 g/mol. The van der Waals surface area contributed by atoms with E-state index in [0.717, 1.165) is 43.3 Å². The molecule has 1 aliphatic rings.